The van der Waals surface area contributed by atoms with Crippen molar-refractivity contribution in [1.29, 1.82) is 0 Å². The zero-order valence-corrected chi connectivity index (χ0v) is 19.2. The van der Waals surface area contributed by atoms with Crippen molar-refractivity contribution >= 4 is 10.9 Å². The van der Waals surface area contributed by atoms with Gasteiger partial charge in [0.15, 0.2) is 0 Å². The number of rotatable bonds is 7. The first kappa shape index (κ1) is 19.8. The minimum absolute atomic E-state index is 0.223. The molecule has 1 aliphatic heterocycles. The van der Waals surface area contributed by atoms with E-state index in [0.29, 0.717) is 6.04 Å². The second kappa shape index (κ2) is 6.81. The summed E-state index contributed by atoms with van der Waals surface area (Å²) in [4.78, 5) is 4.63. The number of hydrogen-bond acceptors (Lipinski definition) is 3. The van der Waals surface area contributed by atoms with Crippen LogP contribution < -0.4 is 10.1 Å². The Morgan fingerprint density at radius 2 is 2.19 bits per heavy atom. The molecule has 4 fully saturated rings. The predicted octanol–water partition coefficient (Wildman–Crippen LogP) is 5.88. The molecule has 0 spiro atoms. The first-order valence-electron chi connectivity index (χ1n) is 12.4. The third-order valence-corrected chi connectivity index (χ3v) is 9.75. The third-order valence-electron chi connectivity index (χ3n) is 9.75. The lowest BCUT2D eigenvalue weighted by Crippen LogP contribution is -2.58. The van der Waals surface area contributed by atoms with Gasteiger partial charge < -0.3 is 10.1 Å². The summed E-state index contributed by atoms with van der Waals surface area (Å²) in [6.45, 7) is 8.96. The van der Waals surface area contributed by atoms with E-state index < -0.39 is 0 Å². The van der Waals surface area contributed by atoms with E-state index in [0.717, 1.165) is 40.9 Å². The summed E-state index contributed by atoms with van der Waals surface area (Å²) in [6, 6.07) is 9.21. The van der Waals surface area contributed by atoms with E-state index >= 15 is 0 Å². The van der Waals surface area contributed by atoms with Crippen LogP contribution in [0, 0.1) is 29.6 Å². The lowest BCUT2D eigenvalue weighted by molar-refractivity contribution is -0.139. The Kier molecular flexibility index (Phi) is 4.35. The molecule has 1 N–H and O–H groups in total. The largest absolute Gasteiger partial charge is 0.497 e. The number of benzene rings is 1. The van der Waals surface area contributed by atoms with Crippen LogP contribution in [0.2, 0.25) is 0 Å². The van der Waals surface area contributed by atoms with Gasteiger partial charge in [-0.2, -0.15) is 0 Å². The van der Waals surface area contributed by atoms with Crippen molar-refractivity contribution in [3.63, 3.8) is 0 Å². The molecule has 7 unspecified atom stereocenters. The van der Waals surface area contributed by atoms with Crippen LogP contribution in [-0.4, -0.2) is 23.7 Å². The lowest BCUT2D eigenvalue weighted by Gasteiger charge is -2.64. The standard InChI is InChI=1S/C28H36N2O/c1-5-7-21-20(6-2)26-17(13-22(21)26)12-18-15-28(16-27(28,3)30-18)24-10-11-29-25-9-8-19(31-4)14-23(24)25/h6,8-11,14,17-18,20-22,26,30H,2,5,7,12-13,15-16H2,1,3-4H3/t17?,18?,20?,21?,22?,26?,27?,28-/m0/s1. The van der Waals surface area contributed by atoms with Crippen molar-refractivity contribution in [3.8, 4) is 5.75 Å². The fraction of sp³-hybridized carbons (Fsp3) is 0.607. The highest BCUT2D eigenvalue weighted by Crippen LogP contribution is 2.68. The number of fused-ring (bicyclic) bond motifs is 3. The summed E-state index contributed by atoms with van der Waals surface area (Å²) in [5.74, 6) is 5.43. The van der Waals surface area contributed by atoms with Crippen molar-refractivity contribution in [2.45, 2.75) is 69.4 Å². The zero-order chi connectivity index (χ0) is 21.4. The summed E-state index contributed by atoms with van der Waals surface area (Å²) < 4.78 is 5.53. The summed E-state index contributed by atoms with van der Waals surface area (Å²) in [7, 11) is 1.75. The Morgan fingerprint density at radius 3 is 2.97 bits per heavy atom. The monoisotopic (exact) mass is 416 g/mol. The van der Waals surface area contributed by atoms with Gasteiger partial charge in [-0.05, 0) is 98.4 Å². The molecule has 0 radical (unpaired) electrons. The number of aromatic nitrogens is 1. The molecular formula is C28H36N2O. The van der Waals surface area contributed by atoms with E-state index in [9.17, 15) is 0 Å². The van der Waals surface area contributed by atoms with Crippen molar-refractivity contribution in [2.75, 3.05) is 7.11 Å². The van der Waals surface area contributed by atoms with Crippen molar-refractivity contribution in [3.05, 3.63) is 48.7 Å². The molecule has 4 aliphatic rings. The van der Waals surface area contributed by atoms with Gasteiger partial charge in [0.05, 0.1) is 12.6 Å². The molecule has 0 bridgehead atoms. The molecule has 3 nitrogen and oxygen atoms in total. The van der Waals surface area contributed by atoms with E-state index in [1.807, 2.05) is 12.3 Å². The average Bonchev–Trinajstić information content (AvgIpc) is 3.24. The highest BCUT2D eigenvalue weighted by Gasteiger charge is 2.71. The molecule has 2 heterocycles. The molecule has 1 aromatic carbocycles. The number of hydrogen-bond donors (Lipinski definition) is 1. The van der Waals surface area contributed by atoms with Crippen LogP contribution in [0.25, 0.3) is 10.9 Å². The summed E-state index contributed by atoms with van der Waals surface area (Å²) in [6.07, 6.45) is 12.3. The summed E-state index contributed by atoms with van der Waals surface area (Å²) in [5.41, 5.74) is 3.02. The van der Waals surface area contributed by atoms with Crippen molar-refractivity contribution in [1.82, 2.24) is 10.3 Å². The molecule has 3 aliphatic carbocycles. The van der Waals surface area contributed by atoms with Crippen LogP contribution in [0.1, 0.15) is 57.9 Å². The number of nitrogens with zero attached hydrogens (tertiary/aromatic N) is 1. The number of pyridine rings is 1. The Morgan fingerprint density at radius 1 is 1.32 bits per heavy atom. The van der Waals surface area contributed by atoms with E-state index in [1.54, 1.807) is 7.11 Å². The minimum Gasteiger partial charge on any atom is -0.497 e. The van der Waals surface area contributed by atoms with Gasteiger partial charge >= 0.3 is 0 Å². The number of methoxy groups -OCH3 is 1. The highest BCUT2D eigenvalue weighted by molar-refractivity contribution is 5.86. The molecule has 1 aromatic heterocycles. The molecule has 3 heteroatoms. The maximum absolute atomic E-state index is 5.53. The molecule has 164 valence electrons. The number of allylic oxidation sites excluding steroid dienone is 1. The van der Waals surface area contributed by atoms with Gasteiger partial charge in [0.2, 0.25) is 0 Å². The van der Waals surface area contributed by atoms with Gasteiger partial charge in [-0.1, -0.05) is 19.4 Å². The van der Waals surface area contributed by atoms with E-state index in [4.69, 9.17) is 4.74 Å². The van der Waals surface area contributed by atoms with Gasteiger partial charge in [0.25, 0.3) is 0 Å². The van der Waals surface area contributed by atoms with Crippen LogP contribution in [-0.2, 0) is 5.41 Å². The fourth-order valence-corrected chi connectivity index (χ4v) is 8.28. The van der Waals surface area contributed by atoms with Gasteiger partial charge in [0.1, 0.15) is 5.75 Å². The first-order valence-corrected chi connectivity index (χ1v) is 12.4. The van der Waals surface area contributed by atoms with E-state index in [-0.39, 0.29) is 11.0 Å². The van der Waals surface area contributed by atoms with Gasteiger partial charge in [-0.15, -0.1) is 6.58 Å². The Bertz CT molecular complexity index is 1030. The third kappa shape index (κ3) is 2.65. The average molecular weight is 417 g/mol. The molecular weight excluding hydrogens is 380 g/mol. The Balaban J connectivity index is 1.21. The second-order valence-electron chi connectivity index (χ2n) is 11.1. The maximum Gasteiger partial charge on any atom is 0.119 e. The Hall–Kier alpha value is -1.87. The van der Waals surface area contributed by atoms with Gasteiger partial charge in [0, 0.05) is 28.6 Å². The Labute approximate surface area is 186 Å². The van der Waals surface area contributed by atoms with Gasteiger partial charge in [-0.25, -0.2) is 0 Å². The van der Waals surface area contributed by atoms with E-state index in [1.165, 1.54) is 49.5 Å². The second-order valence-corrected chi connectivity index (χ2v) is 11.1. The molecule has 6 rings (SSSR count). The van der Waals surface area contributed by atoms with Crippen LogP contribution in [0.5, 0.6) is 5.75 Å². The molecule has 3 saturated carbocycles. The lowest BCUT2D eigenvalue weighted by atomic mass is 9.41. The number of piperidine rings is 1. The van der Waals surface area contributed by atoms with Crippen molar-refractivity contribution in [2.24, 2.45) is 29.6 Å². The van der Waals surface area contributed by atoms with E-state index in [2.05, 4.69) is 55.0 Å². The molecule has 2 aromatic rings. The smallest absolute Gasteiger partial charge is 0.119 e. The number of ether oxygens (including phenoxy) is 1. The molecule has 0 amide bonds. The van der Waals surface area contributed by atoms with Crippen LogP contribution in [0.15, 0.2) is 43.1 Å². The van der Waals surface area contributed by atoms with Crippen LogP contribution in [0.3, 0.4) is 0 Å². The zero-order valence-electron chi connectivity index (χ0n) is 19.2. The quantitative estimate of drug-likeness (QED) is 0.572. The number of nitrogens with one attached hydrogen (secondary N) is 1. The minimum atomic E-state index is 0.223. The summed E-state index contributed by atoms with van der Waals surface area (Å²) in [5, 5.41) is 5.36. The normalized spacial score (nSPS) is 42.3. The molecule has 1 saturated heterocycles. The molecule has 8 atom stereocenters. The summed E-state index contributed by atoms with van der Waals surface area (Å²) >= 11 is 0. The first-order chi connectivity index (χ1) is 15.0. The van der Waals surface area contributed by atoms with Crippen LogP contribution >= 0.6 is 0 Å². The van der Waals surface area contributed by atoms with Crippen molar-refractivity contribution < 1.29 is 4.74 Å². The molecule has 31 heavy (non-hydrogen) atoms. The highest BCUT2D eigenvalue weighted by atomic mass is 16.5. The SMILES string of the molecule is C=CC1C(CCC)C2CC(CC3C[C@@]4(c5ccnc6ccc(OC)cc56)CC4(C)N3)C12. The fourth-order valence-electron chi connectivity index (χ4n) is 8.28. The van der Waals surface area contributed by atoms with Gasteiger partial charge in [-0.3, -0.25) is 4.98 Å². The topological polar surface area (TPSA) is 34.1 Å². The predicted molar refractivity (Wildman–Crippen MR) is 126 cm³/mol. The van der Waals surface area contributed by atoms with Crippen LogP contribution in [0.4, 0.5) is 0 Å². The maximum atomic E-state index is 5.53.